The molecule has 152 valence electrons. The minimum absolute atomic E-state index is 0.122. The van der Waals surface area contributed by atoms with E-state index in [1.807, 2.05) is 74.5 Å². The number of Topliss-reactive ketones (excluding diaryl/α,β-unsaturated/α-hetero) is 2. The average Bonchev–Trinajstić information content (AvgIpc) is 3.10. The van der Waals surface area contributed by atoms with Crippen molar-refractivity contribution in [3.05, 3.63) is 71.8 Å². The molecule has 0 radical (unpaired) electrons. The van der Waals surface area contributed by atoms with Gasteiger partial charge < -0.3 is 10.1 Å². The average molecular weight is 393 g/mol. The highest BCUT2D eigenvalue weighted by Gasteiger charge is 2.59. The molecule has 0 saturated carbocycles. The molecule has 3 rings (SSSR count). The van der Waals surface area contributed by atoms with Crippen molar-refractivity contribution in [2.24, 2.45) is 5.92 Å². The quantitative estimate of drug-likeness (QED) is 0.656. The Morgan fingerprint density at radius 2 is 1.34 bits per heavy atom. The summed E-state index contributed by atoms with van der Waals surface area (Å²) in [6.07, 6.45) is 0.564. The summed E-state index contributed by atoms with van der Waals surface area (Å²) in [5.41, 5.74) is 0.256. The molecule has 29 heavy (non-hydrogen) atoms. The van der Waals surface area contributed by atoms with Crippen LogP contribution >= 0.6 is 0 Å². The van der Waals surface area contributed by atoms with Crippen LogP contribution in [0, 0.1) is 5.92 Å². The van der Waals surface area contributed by atoms with Crippen molar-refractivity contribution in [1.82, 2.24) is 5.32 Å². The largest absolute Gasteiger partial charge is 0.424 e. The molecule has 5 nitrogen and oxygen atoms in total. The van der Waals surface area contributed by atoms with E-state index in [2.05, 4.69) is 5.32 Å². The van der Waals surface area contributed by atoms with Crippen LogP contribution in [0.3, 0.4) is 0 Å². The third-order valence-corrected chi connectivity index (χ3v) is 5.43. The van der Waals surface area contributed by atoms with Crippen LogP contribution in [0.2, 0.25) is 0 Å². The molecule has 1 saturated heterocycles. The first-order chi connectivity index (χ1) is 13.9. The normalized spacial score (nSPS) is 17.6. The van der Waals surface area contributed by atoms with E-state index in [1.165, 1.54) is 0 Å². The number of ketones is 2. The number of nitrogens with one attached hydrogen (secondary N) is 1. The molecular formula is C24H27NO4. The second-order valence-electron chi connectivity index (χ2n) is 7.81. The monoisotopic (exact) mass is 393 g/mol. The molecule has 0 unspecified atom stereocenters. The van der Waals surface area contributed by atoms with Gasteiger partial charge in [0, 0.05) is 12.8 Å². The van der Waals surface area contributed by atoms with Gasteiger partial charge in [-0.3, -0.25) is 9.59 Å². The van der Waals surface area contributed by atoms with Crippen LogP contribution in [0.15, 0.2) is 60.7 Å². The second kappa shape index (κ2) is 9.03. The second-order valence-corrected chi connectivity index (χ2v) is 7.81. The number of benzene rings is 2. The molecule has 5 heteroatoms. The molecular weight excluding hydrogens is 366 g/mol. The minimum atomic E-state index is -1.76. The van der Waals surface area contributed by atoms with Crippen molar-refractivity contribution in [3.8, 4) is 0 Å². The number of ether oxygens (including phenoxy) is 1. The van der Waals surface area contributed by atoms with Crippen LogP contribution in [-0.4, -0.2) is 29.3 Å². The highest BCUT2D eigenvalue weighted by Crippen LogP contribution is 2.33. The SMILES string of the molecule is CC(C)[C@H]1NC(=O)OC1(C(=O)CCc1ccccc1)C(=O)CCc1ccccc1. The number of hydrogen-bond donors (Lipinski definition) is 1. The van der Waals surface area contributed by atoms with Crippen molar-refractivity contribution in [2.45, 2.75) is 51.2 Å². The molecule has 0 spiro atoms. The molecule has 1 aliphatic rings. The first-order valence-electron chi connectivity index (χ1n) is 10.1. The lowest BCUT2D eigenvalue weighted by atomic mass is 9.77. The van der Waals surface area contributed by atoms with Gasteiger partial charge in [-0.25, -0.2) is 4.79 Å². The number of carbonyl (C=O) groups excluding carboxylic acids is 3. The molecule has 0 bridgehead atoms. The highest BCUT2D eigenvalue weighted by atomic mass is 16.6. The topological polar surface area (TPSA) is 72.5 Å². The number of cyclic esters (lactones) is 1. The molecule has 1 N–H and O–H groups in total. The maximum absolute atomic E-state index is 13.3. The molecule has 1 atom stereocenters. The van der Waals surface area contributed by atoms with Crippen LogP contribution in [0.1, 0.15) is 37.8 Å². The van der Waals surface area contributed by atoms with Gasteiger partial charge in [0.1, 0.15) is 0 Å². The summed E-state index contributed by atoms with van der Waals surface area (Å²) in [6, 6.07) is 18.6. The summed E-state index contributed by atoms with van der Waals surface area (Å²) >= 11 is 0. The van der Waals surface area contributed by atoms with Crippen molar-refractivity contribution >= 4 is 17.7 Å². The lowest BCUT2D eigenvalue weighted by Crippen LogP contribution is -2.58. The van der Waals surface area contributed by atoms with Gasteiger partial charge in [0.15, 0.2) is 11.6 Å². The molecule has 2 aromatic carbocycles. The van der Waals surface area contributed by atoms with Crippen molar-refractivity contribution in [3.63, 3.8) is 0 Å². The summed E-state index contributed by atoms with van der Waals surface area (Å²) in [5, 5.41) is 2.70. The van der Waals surface area contributed by atoms with E-state index in [0.29, 0.717) is 12.8 Å². The van der Waals surface area contributed by atoms with E-state index in [9.17, 15) is 14.4 Å². The summed E-state index contributed by atoms with van der Waals surface area (Å²) in [4.78, 5) is 38.7. The summed E-state index contributed by atoms with van der Waals surface area (Å²) in [7, 11) is 0. The fourth-order valence-corrected chi connectivity index (χ4v) is 3.90. The number of aryl methyl sites for hydroxylation is 2. The fraction of sp³-hybridized carbons (Fsp3) is 0.375. The fourth-order valence-electron chi connectivity index (χ4n) is 3.90. The Balaban J connectivity index is 1.82. The van der Waals surface area contributed by atoms with E-state index in [4.69, 9.17) is 4.74 Å². The minimum Gasteiger partial charge on any atom is -0.424 e. The number of hydrogen-bond acceptors (Lipinski definition) is 4. The van der Waals surface area contributed by atoms with Crippen LogP contribution in [0.25, 0.3) is 0 Å². The van der Waals surface area contributed by atoms with Crippen molar-refractivity contribution in [1.29, 1.82) is 0 Å². The Hall–Kier alpha value is -2.95. The summed E-state index contributed by atoms with van der Waals surface area (Å²) < 4.78 is 5.47. The molecule has 0 aliphatic carbocycles. The summed E-state index contributed by atoms with van der Waals surface area (Å²) in [6.45, 7) is 3.76. The standard InChI is InChI=1S/C24H27NO4/c1-17(2)22-24(29-23(28)25-22,20(26)15-13-18-9-5-3-6-10-18)21(27)16-14-19-11-7-4-8-12-19/h3-12,17,22H,13-16H2,1-2H3,(H,25,28)/t22-/m1/s1. The highest BCUT2D eigenvalue weighted by molar-refractivity contribution is 6.14. The van der Waals surface area contributed by atoms with Gasteiger partial charge in [0.25, 0.3) is 0 Å². The van der Waals surface area contributed by atoms with Crippen molar-refractivity contribution in [2.75, 3.05) is 0 Å². The van der Waals surface area contributed by atoms with Gasteiger partial charge in [-0.2, -0.15) is 0 Å². The van der Waals surface area contributed by atoms with Crippen LogP contribution in [-0.2, 0) is 27.2 Å². The van der Waals surface area contributed by atoms with E-state index >= 15 is 0 Å². The maximum atomic E-state index is 13.3. The van der Waals surface area contributed by atoms with Crippen molar-refractivity contribution < 1.29 is 19.1 Å². The number of carbonyl (C=O) groups is 3. The maximum Gasteiger partial charge on any atom is 0.409 e. The Morgan fingerprint density at radius 3 is 1.76 bits per heavy atom. The molecule has 0 aromatic heterocycles. The smallest absolute Gasteiger partial charge is 0.409 e. The van der Waals surface area contributed by atoms with Gasteiger partial charge in [-0.05, 0) is 29.9 Å². The van der Waals surface area contributed by atoms with Gasteiger partial charge in [0.2, 0.25) is 5.60 Å². The Kier molecular flexibility index (Phi) is 6.47. The lowest BCUT2D eigenvalue weighted by Gasteiger charge is -2.32. The predicted molar refractivity (Wildman–Crippen MR) is 111 cm³/mol. The van der Waals surface area contributed by atoms with Gasteiger partial charge in [0.05, 0.1) is 6.04 Å². The van der Waals surface area contributed by atoms with Crippen LogP contribution < -0.4 is 5.32 Å². The van der Waals surface area contributed by atoms with Crippen LogP contribution in [0.4, 0.5) is 4.79 Å². The Morgan fingerprint density at radius 1 is 0.897 bits per heavy atom. The summed E-state index contributed by atoms with van der Waals surface area (Å²) in [5.74, 6) is -0.796. The third-order valence-electron chi connectivity index (χ3n) is 5.43. The predicted octanol–water partition coefficient (Wildman–Crippen LogP) is 3.89. The molecule has 1 heterocycles. The molecule has 1 aliphatic heterocycles. The van der Waals surface area contributed by atoms with E-state index in [1.54, 1.807) is 0 Å². The first kappa shape index (κ1) is 20.8. The van der Waals surface area contributed by atoms with Gasteiger partial charge >= 0.3 is 6.09 Å². The molecule has 1 amide bonds. The zero-order valence-electron chi connectivity index (χ0n) is 16.9. The third kappa shape index (κ3) is 4.56. The first-order valence-corrected chi connectivity index (χ1v) is 10.1. The van der Waals surface area contributed by atoms with E-state index in [0.717, 1.165) is 11.1 Å². The van der Waals surface area contributed by atoms with E-state index < -0.39 is 17.7 Å². The number of alkyl carbamates (subject to hydrolysis) is 1. The number of rotatable bonds is 9. The molecule has 2 aromatic rings. The Labute approximate surface area is 171 Å². The zero-order valence-corrected chi connectivity index (χ0v) is 16.9. The van der Waals surface area contributed by atoms with Gasteiger partial charge in [-0.1, -0.05) is 74.5 Å². The van der Waals surface area contributed by atoms with Crippen LogP contribution in [0.5, 0.6) is 0 Å². The lowest BCUT2D eigenvalue weighted by molar-refractivity contribution is -0.150. The van der Waals surface area contributed by atoms with Gasteiger partial charge in [-0.15, -0.1) is 0 Å². The number of amides is 1. The Bertz CT molecular complexity index is 805. The van der Waals surface area contributed by atoms with E-state index in [-0.39, 0.29) is 30.3 Å². The molecule has 1 fully saturated rings. The zero-order chi connectivity index (χ0) is 20.9.